The maximum atomic E-state index is 9.00. The van der Waals surface area contributed by atoms with Gasteiger partial charge in [0.05, 0.1) is 0 Å². The van der Waals surface area contributed by atoms with Gasteiger partial charge in [-0.15, -0.1) is 0 Å². The average Bonchev–Trinajstić information content (AvgIpc) is 1.25. The molecule has 0 unspecified atom stereocenters. The van der Waals surface area contributed by atoms with Gasteiger partial charge in [0.1, 0.15) is 0 Å². The number of carboxylic acids is 1. The topological polar surface area (TPSA) is 88.5 Å². The molecule has 0 atom stereocenters. The summed E-state index contributed by atoms with van der Waals surface area (Å²) in [6.07, 6.45) is 0. The van der Waals surface area contributed by atoms with Gasteiger partial charge in [-0.2, -0.15) is 0 Å². The van der Waals surface area contributed by atoms with Crippen LogP contribution in [0.2, 0.25) is 0 Å². The zero-order valence-corrected chi connectivity index (χ0v) is 6.67. The van der Waals surface area contributed by atoms with Crippen molar-refractivity contribution in [1.29, 1.82) is 0 Å². The van der Waals surface area contributed by atoms with Crippen LogP contribution in [0.3, 0.4) is 0 Å². The Morgan fingerprint density at radius 1 is 1.38 bits per heavy atom. The summed E-state index contributed by atoms with van der Waals surface area (Å²) >= 11 is -4.21. The van der Waals surface area contributed by atoms with E-state index in [2.05, 4.69) is 0 Å². The zero-order valence-electron chi connectivity index (χ0n) is 3.96. The van der Waals surface area contributed by atoms with Crippen molar-refractivity contribution in [1.82, 2.24) is 0 Å². The van der Waals surface area contributed by atoms with Gasteiger partial charge < -0.3 is 5.11 Å². The summed E-state index contributed by atoms with van der Waals surface area (Å²) in [7, 11) is 0. The van der Waals surface area contributed by atoms with E-state index in [1.54, 1.807) is 0 Å². The molecule has 0 aromatic heterocycles. The number of carboxylic acid groups (broad SMARTS) is 1. The maximum absolute atomic E-state index is 9.00. The van der Waals surface area contributed by atoms with Crippen molar-refractivity contribution in [2.75, 3.05) is 0 Å². The molecule has 5 nitrogen and oxygen atoms in total. The van der Waals surface area contributed by atoms with Crippen LogP contribution in [0.4, 0.5) is 0 Å². The third-order valence-corrected chi connectivity index (χ3v) is 0. The first-order valence-electron chi connectivity index (χ1n) is 1.39. The van der Waals surface area contributed by atoms with Crippen LogP contribution in [0.25, 0.3) is 0 Å². The molecule has 0 amide bonds. The normalized spacial score (nSPS) is 6.12. The number of hydrogen-bond donors (Lipinski definition) is 1. The molecular weight excluding hydrogens is 290 g/mol. The van der Waals surface area contributed by atoms with Crippen molar-refractivity contribution >= 4 is 5.97 Å². The molecule has 49 valence electrons. The molecule has 0 rings (SSSR count). The summed E-state index contributed by atoms with van der Waals surface area (Å²) in [5.74, 6) is -0.833. The Morgan fingerprint density at radius 2 is 1.38 bits per heavy atom. The van der Waals surface area contributed by atoms with E-state index in [0.29, 0.717) is 0 Å². The van der Waals surface area contributed by atoms with Gasteiger partial charge in [-0.3, -0.25) is 4.79 Å². The van der Waals surface area contributed by atoms with Gasteiger partial charge in [0.2, 0.25) is 0 Å². The molecule has 0 radical (unpaired) electrons. The van der Waals surface area contributed by atoms with Crippen molar-refractivity contribution in [2.45, 2.75) is 6.92 Å². The van der Waals surface area contributed by atoms with Crippen LogP contribution in [0.1, 0.15) is 6.92 Å². The van der Waals surface area contributed by atoms with Crippen molar-refractivity contribution in [3.63, 3.8) is 0 Å². The van der Waals surface area contributed by atoms with Crippen molar-refractivity contribution < 1.29 is 36.9 Å². The minimum atomic E-state index is -4.21. The Hall–Kier alpha value is -0.468. The van der Waals surface area contributed by atoms with Crippen LogP contribution in [0.15, 0.2) is 0 Å². The quantitative estimate of drug-likeness (QED) is 0.664. The van der Waals surface area contributed by atoms with Gasteiger partial charge >= 0.3 is 27.0 Å². The predicted octanol–water partition coefficient (Wildman–Crippen LogP) is -0.268. The molecule has 0 fully saturated rings. The summed E-state index contributed by atoms with van der Waals surface area (Å²) in [5.41, 5.74) is 0. The third-order valence-electron chi connectivity index (χ3n) is 0. The fourth-order valence-corrected chi connectivity index (χ4v) is 0. The van der Waals surface area contributed by atoms with Crippen LogP contribution in [-0.4, -0.2) is 11.1 Å². The Kier molecular flexibility index (Phi) is 8.57. The van der Waals surface area contributed by atoms with E-state index in [4.69, 9.17) is 20.3 Å². The molecule has 0 aromatic carbocycles. The Balaban J connectivity index is 0. The van der Waals surface area contributed by atoms with Crippen molar-refractivity contribution in [3.8, 4) is 0 Å². The van der Waals surface area contributed by atoms with Crippen molar-refractivity contribution in [2.24, 2.45) is 0 Å². The van der Waals surface area contributed by atoms with Gasteiger partial charge in [-0.1, -0.05) is 0 Å². The van der Waals surface area contributed by atoms with E-state index < -0.39 is 22.6 Å². The first-order valence-corrected chi connectivity index (χ1v) is 4.72. The van der Waals surface area contributed by atoms with Gasteiger partial charge in [0.25, 0.3) is 5.97 Å². The predicted molar refractivity (Wildman–Crippen MR) is 15.4 cm³/mol. The van der Waals surface area contributed by atoms with E-state index in [0.717, 1.165) is 6.92 Å². The summed E-state index contributed by atoms with van der Waals surface area (Å²) < 4.78 is 25.8. The average molecular weight is 294 g/mol. The van der Waals surface area contributed by atoms with E-state index in [1.807, 2.05) is 0 Å². The van der Waals surface area contributed by atoms with Crippen LogP contribution in [-0.2, 0) is 31.8 Å². The first kappa shape index (κ1) is 10.5. The molecule has 0 aromatic rings. The Bertz CT molecular complexity index is 139. The molecule has 0 aliphatic rings. The van der Waals surface area contributed by atoms with Crippen LogP contribution in [0, 0.1) is 0 Å². The standard InChI is InChI=1S/C2H4O2.3O.Re/c1-2(3)4;;;;/h1H3,(H,3,4);;;;. The van der Waals surface area contributed by atoms with E-state index in [-0.39, 0.29) is 0 Å². The van der Waals surface area contributed by atoms with Gasteiger partial charge in [0, 0.05) is 6.92 Å². The molecule has 1 N–H and O–H groups in total. The van der Waals surface area contributed by atoms with E-state index in [1.165, 1.54) is 0 Å². The fraction of sp³-hybridized carbons (Fsp3) is 0.500. The number of rotatable bonds is 0. The molecule has 0 aliphatic heterocycles. The molecule has 0 bridgehead atoms. The van der Waals surface area contributed by atoms with Gasteiger partial charge in [0.15, 0.2) is 0 Å². The molecule has 0 saturated carbocycles. The molecule has 6 heteroatoms. The van der Waals surface area contributed by atoms with E-state index in [9.17, 15) is 0 Å². The molecule has 0 aliphatic carbocycles. The van der Waals surface area contributed by atoms with E-state index >= 15 is 0 Å². The number of aliphatic carboxylic acids is 1. The summed E-state index contributed by atoms with van der Waals surface area (Å²) in [6, 6.07) is 0. The minimum absolute atomic E-state index is 0.833. The zero-order chi connectivity index (χ0) is 7.15. The molecule has 0 heterocycles. The molecule has 0 spiro atoms. The van der Waals surface area contributed by atoms with Crippen LogP contribution >= 0.6 is 0 Å². The molecule has 0 saturated heterocycles. The van der Waals surface area contributed by atoms with Crippen LogP contribution < -0.4 is 0 Å². The second-order valence-electron chi connectivity index (χ2n) is 0.708. The summed E-state index contributed by atoms with van der Waals surface area (Å²) in [6.45, 7) is 1.08. The molecular formula is C2H4O5Re. The number of hydrogen-bond acceptors (Lipinski definition) is 4. The Labute approximate surface area is 50.5 Å². The number of carbonyl (C=O) groups is 1. The Morgan fingerprint density at radius 3 is 1.38 bits per heavy atom. The second kappa shape index (κ2) is 6.53. The monoisotopic (exact) mass is 295 g/mol. The van der Waals surface area contributed by atoms with Gasteiger partial charge in [-0.25, -0.2) is 0 Å². The van der Waals surface area contributed by atoms with Crippen molar-refractivity contribution in [3.05, 3.63) is 0 Å². The molecule has 8 heavy (non-hydrogen) atoms. The summed E-state index contributed by atoms with van der Waals surface area (Å²) in [5, 5.41) is 7.42. The SMILES string of the molecule is CC(=O)O.[O]=[Re](=[O])=[O]. The fourth-order valence-electron chi connectivity index (χ4n) is 0. The second-order valence-corrected chi connectivity index (χ2v) is 2.07. The van der Waals surface area contributed by atoms with Crippen LogP contribution in [0.5, 0.6) is 0 Å². The third kappa shape index (κ3) is 520. The first-order chi connectivity index (χ1) is 3.46. The van der Waals surface area contributed by atoms with Gasteiger partial charge in [-0.05, 0) is 0 Å². The summed E-state index contributed by atoms with van der Waals surface area (Å²) in [4.78, 5) is 9.00.